The molecule has 2 aromatic heterocycles. The van der Waals surface area contributed by atoms with Gasteiger partial charge < -0.3 is 4.57 Å². The van der Waals surface area contributed by atoms with E-state index in [1.165, 1.54) is 81.4 Å². The lowest BCUT2D eigenvalue weighted by atomic mass is 9.79. The Morgan fingerprint density at radius 3 is 2.29 bits per heavy atom. The van der Waals surface area contributed by atoms with Gasteiger partial charge in [-0.3, -0.25) is 0 Å². The number of fused-ring (bicyclic) bond motifs is 8. The van der Waals surface area contributed by atoms with E-state index < -0.39 is 0 Å². The first kappa shape index (κ1) is 25.1. The molecule has 0 saturated carbocycles. The molecule has 0 atom stereocenters. The number of aryl methyl sites for hydroxylation is 1. The zero-order chi connectivity index (χ0) is 28.6. The summed E-state index contributed by atoms with van der Waals surface area (Å²) in [5.41, 5.74) is 13.0. The molecule has 1 aliphatic rings. The van der Waals surface area contributed by atoms with E-state index in [4.69, 9.17) is 0 Å². The fraction of sp³-hybridized carbons (Fsp3) is 0.100. The normalized spacial score (nSPS) is 13.8. The van der Waals surface area contributed by atoms with Crippen molar-refractivity contribution in [2.24, 2.45) is 0 Å². The second-order valence-electron chi connectivity index (χ2n) is 11.9. The summed E-state index contributed by atoms with van der Waals surface area (Å²) in [6.07, 6.45) is 6.09. The van der Waals surface area contributed by atoms with Crippen LogP contribution in [0.2, 0.25) is 0 Å². The van der Waals surface area contributed by atoms with Crippen LogP contribution in [0.4, 0.5) is 0 Å². The number of benzene rings is 5. The SMILES string of the molecule is C=C/C=C\c1sc2ccc3c(c2c1C)C(C)(C)c1cc(-c2ccc4c(c2)c2ccccc2n4-c2ccccc2)ccc1-3. The number of nitrogens with zero attached hydrogens (tertiary/aromatic N) is 1. The maximum absolute atomic E-state index is 3.86. The lowest BCUT2D eigenvalue weighted by Crippen LogP contribution is -2.15. The van der Waals surface area contributed by atoms with Gasteiger partial charge in [0.15, 0.2) is 0 Å². The van der Waals surface area contributed by atoms with Crippen LogP contribution in [0.15, 0.2) is 122 Å². The zero-order valence-corrected chi connectivity index (χ0v) is 24.9. The van der Waals surface area contributed by atoms with E-state index in [2.05, 4.69) is 141 Å². The van der Waals surface area contributed by atoms with Crippen LogP contribution in [0, 0.1) is 6.92 Å². The molecule has 0 aliphatic heterocycles. The second-order valence-corrected chi connectivity index (χ2v) is 12.9. The van der Waals surface area contributed by atoms with E-state index in [0.717, 1.165) is 0 Å². The summed E-state index contributed by atoms with van der Waals surface area (Å²) in [6.45, 7) is 10.9. The van der Waals surface area contributed by atoms with Crippen LogP contribution >= 0.6 is 11.3 Å². The average molecular weight is 558 g/mol. The summed E-state index contributed by atoms with van der Waals surface area (Å²) in [7, 11) is 0. The van der Waals surface area contributed by atoms with Gasteiger partial charge in [-0.1, -0.05) is 93.2 Å². The lowest BCUT2D eigenvalue weighted by molar-refractivity contribution is 0.666. The molecule has 0 fully saturated rings. The summed E-state index contributed by atoms with van der Waals surface area (Å²) < 4.78 is 3.74. The highest BCUT2D eigenvalue weighted by Gasteiger charge is 2.38. The predicted octanol–water partition coefficient (Wildman–Crippen LogP) is 11.5. The molecule has 42 heavy (non-hydrogen) atoms. The number of para-hydroxylation sites is 2. The van der Waals surface area contributed by atoms with Crippen LogP contribution in [0.25, 0.3) is 65.9 Å². The Labute approximate surface area is 250 Å². The van der Waals surface area contributed by atoms with Gasteiger partial charge in [0.1, 0.15) is 0 Å². The summed E-state index contributed by atoms with van der Waals surface area (Å²) in [6, 6.07) is 38.1. The smallest absolute Gasteiger partial charge is 0.0541 e. The Hall–Kier alpha value is -4.66. The van der Waals surface area contributed by atoms with Gasteiger partial charge in [0.25, 0.3) is 0 Å². The van der Waals surface area contributed by atoms with Gasteiger partial charge in [-0.15, -0.1) is 11.3 Å². The minimum absolute atomic E-state index is 0.0983. The molecule has 0 N–H and O–H groups in total. The second kappa shape index (κ2) is 9.17. The monoisotopic (exact) mass is 557 g/mol. The molecule has 1 aliphatic carbocycles. The van der Waals surface area contributed by atoms with Crippen molar-refractivity contribution >= 4 is 49.3 Å². The van der Waals surface area contributed by atoms with Gasteiger partial charge in [0.05, 0.1) is 11.0 Å². The summed E-state index contributed by atoms with van der Waals surface area (Å²) in [5, 5.41) is 3.98. The van der Waals surface area contributed by atoms with E-state index >= 15 is 0 Å². The van der Waals surface area contributed by atoms with Gasteiger partial charge in [-0.2, -0.15) is 0 Å². The van der Waals surface area contributed by atoms with Crippen LogP contribution in [0.5, 0.6) is 0 Å². The number of thiophene rings is 1. The van der Waals surface area contributed by atoms with Crippen molar-refractivity contribution in [3.63, 3.8) is 0 Å². The van der Waals surface area contributed by atoms with Gasteiger partial charge in [0.2, 0.25) is 0 Å². The number of hydrogen-bond acceptors (Lipinski definition) is 1. The molecule has 2 heteroatoms. The van der Waals surface area contributed by atoms with E-state index in [-0.39, 0.29) is 5.41 Å². The van der Waals surface area contributed by atoms with Crippen molar-refractivity contribution in [3.05, 3.63) is 143 Å². The molecule has 2 heterocycles. The van der Waals surface area contributed by atoms with Crippen molar-refractivity contribution in [2.45, 2.75) is 26.2 Å². The third-order valence-electron chi connectivity index (χ3n) is 9.14. The molecular formula is C40H31NS. The lowest BCUT2D eigenvalue weighted by Gasteiger charge is -2.23. The fourth-order valence-corrected chi connectivity index (χ4v) is 8.30. The van der Waals surface area contributed by atoms with Crippen LogP contribution in [0.1, 0.15) is 35.4 Å². The molecule has 7 aromatic rings. The number of rotatable bonds is 4. The molecule has 8 rings (SSSR count). The van der Waals surface area contributed by atoms with Crippen LogP contribution < -0.4 is 0 Å². The highest BCUT2D eigenvalue weighted by Crippen LogP contribution is 2.54. The third-order valence-corrected chi connectivity index (χ3v) is 10.4. The molecule has 0 amide bonds. The van der Waals surface area contributed by atoms with Crippen molar-refractivity contribution < 1.29 is 0 Å². The summed E-state index contributed by atoms with van der Waals surface area (Å²) in [5.74, 6) is 0. The Bertz CT molecular complexity index is 2240. The molecule has 0 radical (unpaired) electrons. The van der Waals surface area contributed by atoms with Crippen LogP contribution in [0.3, 0.4) is 0 Å². The van der Waals surface area contributed by atoms with E-state index in [0.29, 0.717) is 0 Å². The maximum Gasteiger partial charge on any atom is 0.0541 e. The first-order valence-electron chi connectivity index (χ1n) is 14.6. The maximum atomic E-state index is 3.86. The Morgan fingerprint density at radius 1 is 0.738 bits per heavy atom. The molecular weight excluding hydrogens is 527 g/mol. The van der Waals surface area contributed by atoms with Crippen molar-refractivity contribution in [2.75, 3.05) is 0 Å². The molecule has 1 nitrogen and oxygen atoms in total. The highest BCUT2D eigenvalue weighted by atomic mass is 32.1. The van der Waals surface area contributed by atoms with E-state index in [1.54, 1.807) is 0 Å². The molecule has 202 valence electrons. The summed E-state index contributed by atoms with van der Waals surface area (Å²) >= 11 is 1.88. The Kier molecular flexibility index (Phi) is 5.48. The van der Waals surface area contributed by atoms with Crippen LogP contribution in [-0.2, 0) is 5.41 Å². The zero-order valence-electron chi connectivity index (χ0n) is 24.1. The average Bonchev–Trinajstić information content (AvgIpc) is 3.60. The number of allylic oxidation sites excluding steroid dienone is 2. The van der Waals surface area contributed by atoms with E-state index in [1.807, 2.05) is 23.5 Å². The largest absolute Gasteiger partial charge is 0.309 e. The minimum Gasteiger partial charge on any atom is -0.309 e. The highest BCUT2D eigenvalue weighted by molar-refractivity contribution is 7.20. The Balaban J connectivity index is 1.29. The standard InChI is InChI=1S/C40H31NS/c1-5-6-16-36-25(2)38-37(42-36)22-20-31-29-19-17-27(24-33(29)40(3,4)39(31)38)26-18-21-35-32(23-26)30-14-10-11-15-34(30)41(35)28-12-8-7-9-13-28/h5-24H,1H2,2-4H3/b16-6-. The van der Waals surface area contributed by atoms with Gasteiger partial charge in [0, 0.05) is 36.8 Å². The van der Waals surface area contributed by atoms with Crippen molar-refractivity contribution in [3.8, 4) is 27.9 Å². The molecule has 0 spiro atoms. The molecule has 0 bridgehead atoms. The third kappa shape index (κ3) is 3.49. The molecule has 0 unspecified atom stereocenters. The minimum atomic E-state index is -0.0983. The topological polar surface area (TPSA) is 4.93 Å². The van der Waals surface area contributed by atoms with Gasteiger partial charge in [-0.05, 0) is 94.4 Å². The first-order chi connectivity index (χ1) is 20.5. The molecule has 0 saturated heterocycles. The van der Waals surface area contributed by atoms with Gasteiger partial charge in [-0.25, -0.2) is 0 Å². The fourth-order valence-electron chi connectivity index (χ4n) is 7.17. The number of aromatic nitrogens is 1. The van der Waals surface area contributed by atoms with Crippen molar-refractivity contribution in [1.82, 2.24) is 4.57 Å². The quantitative estimate of drug-likeness (QED) is 0.190. The van der Waals surface area contributed by atoms with E-state index in [9.17, 15) is 0 Å². The predicted molar refractivity (Wildman–Crippen MR) is 183 cm³/mol. The van der Waals surface area contributed by atoms with Gasteiger partial charge >= 0.3 is 0 Å². The molecule has 5 aromatic carbocycles. The summed E-state index contributed by atoms with van der Waals surface area (Å²) in [4.78, 5) is 1.31. The van der Waals surface area contributed by atoms with Crippen LogP contribution in [-0.4, -0.2) is 4.57 Å². The number of hydrogen-bond donors (Lipinski definition) is 0. The Morgan fingerprint density at radius 2 is 1.45 bits per heavy atom. The first-order valence-corrected chi connectivity index (χ1v) is 15.4. The van der Waals surface area contributed by atoms with Crippen molar-refractivity contribution in [1.29, 1.82) is 0 Å².